The molecule has 4 heteroatoms. The van der Waals surface area contributed by atoms with Gasteiger partial charge in [-0.25, -0.2) is 8.42 Å². The Hall–Kier alpha value is -1.03. The van der Waals surface area contributed by atoms with Gasteiger partial charge in [-0.3, -0.25) is 4.72 Å². The number of hydrogen-bond acceptors (Lipinski definition) is 2. The van der Waals surface area contributed by atoms with E-state index in [1.165, 1.54) is 0 Å². The summed E-state index contributed by atoms with van der Waals surface area (Å²) in [6, 6.07) is 5.73. The van der Waals surface area contributed by atoms with Crippen LogP contribution in [-0.4, -0.2) is 13.7 Å². The second kappa shape index (κ2) is 3.52. The molecule has 1 aromatic rings. The molecule has 1 aromatic carbocycles. The van der Waals surface area contributed by atoms with Crippen LogP contribution >= 0.6 is 0 Å². The number of benzene rings is 1. The molecule has 0 amide bonds. The Morgan fingerprint density at radius 3 is 2.13 bits per heavy atom. The fourth-order valence-electron chi connectivity index (χ4n) is 1.66. The Morgan fingerprint density at radius 1 is 1.13 bits per heavy atom. The van der Waals surface area contributed by atoms with Crippen molar-refractivity contribution in [2.24, 2.45) is 0 Å². The van der Waals surface area contributed by atoms with Crippen LogP contribution in [0.1, 0.15) is 24.0 Å². The van der Waals surface area contributed by atoms with E-state index >= 15 is 0 Å². The Kier molecular flexibility index (Phi) is 2.46. The average molecular weight is 225 g/mol. The van der Waals surface area contributed by atoms with Crippen LogP contribution in [0.15, 0.2) is 18.2 Å². The van der Waals surface area contributed by atoms with Gasteiger partial charge < -0.3 is 0 Å². The van der Waals surface area contributed by atoms with Crippen molar-refractivity contribution >= 4 is 15.7 Å². The van der Waals surface area contributed by atoms with Crippen LogP contribution in [0.25, 0.3) is 0 Å². The highest BCUT2D eigenvalue weighted by molar-refractivity contribution is 7.93. The molecule has 0 atom stereocenters. The van der Waals surface area contributed by atoms with Crippen molar-refractivity contribution in [3.8, 4) is 0 Å². The van der Waals surface area contributed by atoms with Crippen LogP contribution in [0.3, 0.4) is 0 Å². The van der Waals surface area contributed by atoms with Crippen LogP contribution in [0.4, 0.5) is 5.69 Å². The lowest BCUT2D eigenvalue weighted by Gasteiger charge is -2.08. The van der Waals surface area contributed by atoms with E-state index in [9.17, 15) is 8.42 Å². The molecule has 0 spiro atoms. The molecule has 0 unspecified atom stereocenters. The van der Waals surface area contributed by atoms with Crippen molar-refractivity contribution in [2.75, 3.05) is 4.72 Å². The normalized spacial score (nSPS) is 16.4. The van der Waals surface area contributed by atoms with Crippen LogP contribution in [0, 0.1) is 13.8 Å². The van der Waals surface area contributed by atoms with E-state index in [4.69, 9.17) is 0 Å². The van der Waals surface area contributed by atoms with Crippen molar-refractivity contribution in [2.45, 2.75) is 31.9 Å². The fourth-order valence-corrected chi connectivity index (χ4v) is 3.03. The predicted molar refractivity (Wildman–Crippen MR) is 61.5 cm³/mol. The third-order valence-electron chi connectivity index (χ3n) is 2.45. The lowest BCUT2D eigenvalue weighted by atomic mass is 10.1. The molecular weight excluding hydrogens is 210 g/mol. The van der Waals surface area contributed by atoms with Gasteiger partial charge in [-0.05, 0) is 49.9 Å². The number of hydrogen-bond donors (Lipinski definition) is 1. The molecule has 1 N–H and O–H groups in total. The first-order valence-electron chi connectivity index (χ1n) is 5.07. The van der Waals surface area contributed by atoms with Gasteiger partial charge in [-0.2, -0.15) is 0 Å². The highest BCUT2D eigenvalue weighted by atomic mass is 32.2. The van der Waals surface area contributed by atoms with E-state index in [1.807, 2.05) is 32.0 Å². The van der Waals surface area contributed by atoms with E-state index < -0.39 is 10.0 Å². The summed E-state index contributed by atoms with van der Waals surface area (Å²) in [5, 5.41) is -0.168. The van der Waals surface area contributed by atoms with E-state index in [0.29, 0.717) is 5.69 Å². The maximum atomic E-state index is 11.7. The maximum absolute atomic E-state index is 11.7. The molecule has 2 rings (SSSR count). The molecule has 0 bridgehead atoms. The molecule has 1 aliphatic rings. The lowest BCUT2D eigenvalue weighted by Crippen LogP contribution is -2.17. The Balaban J connectivity index is 2.23. The van der Waals surface area contributed by atoms with Gasteiger partial charge in [0.1, 0.15) is 0 Å². The number of anilines is 1. The van der Waals surface area contributed by atoms with Gasteiger partial charge in [0, 0.05) is 5.69 Å². The zero-order valence-corrected chi connectivity index (χ0v) is 9.76. The first-order chi connectivity index (χ1) is 6.97. The van der Waals surface area contributed by atoms with Crippen molar-refractivity contribution in [1.82, 2.24) is 0 Å². The highest BCUT2D eigenvalue weighted by Crippen LogP contribution is 2.30. The zero-order valence-electron chi connectivity index (χ0n) is 8.95. The minimum Gasteiger partial charge on any atom is -0.283 e. The third kappa shape index (κ3) is 2.50. The number of aryl methyl sites for hydroxylation is 2. The number of sulfonamides is 1. The minimum atomic E-state index is -3.12. The molecule has 0 radical (unpaired) electrons. The average Bonchev–Trinajstić information content (AvgIpc) is 2.80. The molecule has 0 aromatic heterocycles. The zero-order chi connectivity index (χ0) is 11.1. The van der Waals surface area contributed by atoms with Gasteiger partial charge in [-0.1, -0.05) is 6.07 Å². The summed E-state index contributed by atoms with van der Waals surface area (Å²) >= 11 is 0. The number of nitrogens with one attached hydrogen (secondary N) is 1. The summed E-state index contributed by atoms with van der Waals surface area (Å²) in [5.41, 5.74) is 2.83. The first kappa shape index (κ1) is 10.5. The summed E-state index contributed by atoms with van der Waals surface area (Å²) < 4.78 is 26.0. The van der Waals surface area contributed by atoms with Gasteiger partial charge in [-0.15, -0.1) is 0 Å². The SMILES string of the molecule is Cc1cc(C)cc(NS(=O)(=O)C2CC2)c1. The largest absolute Gasteiger partial charge is 0.283 e. The summed E-state index contributed by atoms with van der Waals surface area (Å²) in [5.74, 6) is 0. The van der Waals surface area contributed by atoms with Gasteiger partial charge >= 0.3 is 0 Å². The summed E-state index contributed by atoms with van der Waals surface area (Å²) in [6.07, 6.45) is 1.58. The molecule has 0 heterocycles. The topological polar surface area (TPSA) is 46.2 Å². The standard InChI is InChI=1S/C11H15NO2S/c1-8-5-9(2)7-10(6-8)12-15(13,14)11-3-4-11/h5-7,11-12H,3-4H2,1-2H3. The first-order valence-corrected chi connectivity index (χ1v) is 6.62. The van der Waals surface area contributed by atoms with Crippen LogP contribution in [0.5, 0.6) is 0 Å². The Bertz CT molecular complexity index is 455. The summed E-state index contributed by atoms with van der Waals surface area (Å²) in [4.78, 5) is 0. The lowest BCUT2D eigenvalue weighted by molar-refractivity contribution is 0.600. The minimum absolute atomic E-state index is 0.168. The van der Waals surface area contributed by atoms with Gasteiger partial charge in [0.2, 0.25) is 10.0 Å². The molecule has 15 heavy (non-hydrogen) atoms. The smallest absolute Gasteiger partial charge is 0.235 e. The Morgan fingerprint density at radius 2 is 1.67 bits per heavy atom. The molecule has 0 saturated heterocycles. The van der Waals surface area contributed by atoms with Gasteiger partial charge in [0.25, 0.3) is 0 Å². The molecule has 82 valence electrons. The van der Waals surface area contributed by atoms with Crippen molar-refractivity contribution in [3.05, 3.63) is 29.3 Å². The number of rotatable bonds is 3. The maximum Gasteiger partial charge on any atom is 0.235 e. The van der Waals surface area contributed by atoms with Gasteiger partial charge in [0.15, 0.2) is 0 Å². The monoisotopic (exact) mass is 225 g/mol. The quantitative estimate of drug-likeness (QED) is 0.857. The van der Waals surface area contributed by atoms with Crippen LogP contribution < -0.4 is 4.72 Å². The second-order valence-corrected chi connectivity index (χ2v) is 6.18. The molecule has 1 aliphatic carbocycles. The second-order valence-electron chi connectivity index (χ2n) is 4.22. The van der Waals surface area contributed by atoms with Crippen molar-refractivity contribution in [3.63, 3.8) is 0 Å². The van der Waals surface area contributed by atoms with E-state index in [-0.39, 0.29) is 5.25 Å². The van der Waals surface area contributed by atoms with Crippen LogP contribution in [-0.2, 0) is 10.0 Å². The predicted octanol–water partition coefficient (Wildman–Crippen LogP) is 2.21. The van der Waals surface area contributed by atoms with Crippen molar-refractivity contribution < 1.29 is 8.42 Å². The van der Waals surface area contributed by atoms with Crippen molar-refractivity contribution in [1.29, 1.82) is 0 Å². The summed E-state index contributed by atoms with van der Waals surface area (Å²) in [6.45, 7) is 3.92. The van der Waals surface area contributed by atoms with E-state index in [1.54, 1.807) is 0 Å². The molecule has 0 aliphatic heterocycles. The fraction of sp³-hybridized carbons (Fsp3) is 0.455. The Labute approximate surface area is 90.6 Å². The van der Waals surface area contributed by atoms with E-state index in [0.717, 1.165) is 24.0 Å². The molecule has 1 fully saturated rings. The van der Waals surface area contributed by atoms with Crippen LogP contribution in [0.2, 0.25) is 0 Å². The van der Waals surface area contributed by atoms with E-state index in [2.05, 4.69) is 4.72 Å². The molecular formula is C11H15NO2S. The molecule has 3 nitrogen and oxygen atoms in total. The highest BCUT2D eigenvalue weighted by Gasteiger charge is 2.35. The molecule has 1 saturated carbocycles. The summed E-state index contributed by atoms with van der Waals surface area (Å²) in [7, 11) is -3.12. The third-order valence-corrected chi connectivity index (χ3v) is 4.31. The van der Waals surface area contributed by atoms with Gasteiger partial charge in [0.05, 0.1) is 5.25 Å².